The topological polar surface area (TPSA) is 78.9 Å². The van der Waals surface area contributed by atoms with Gasteiger partial charge < -0.3 is 14.2 Å². The second-order valence-corrected chi connectivity index (χ2v) is 12.8. The van der Waals surface area contributed by atoms with E-state index in [2.05, 4.69) is 130 Å². The zero-order chi connectivity index (χ0) is 39.4. The smallest absolute Gasteiger partial charge is 0.309 e. The summed E-state index contributed by atoms with van der Waals surface area (Å²) >= 11 is 0. The summed E-state index contributed by atoms with van der Waals surface area (Å²) in [4.78, 5) is 37.4. The molecule has 0 N–H and O–H groups in total. The van der Waals surface area contributed by atoms with Gasteiger partial charge in [0.25, 0.3) is 0 Å². The fraction of sp³-hybridized carbons (Fsp3) is 0.521. The molecule has 0 spiro atoms. The monoisotopic (exact) mass is 745 g/mol. The number of carbonyl (C=O) groups excluding carboxylic acids is 3. The number of unbranched alkanes of at least 4 members (excludes halogenated alkanes) is 4. The fourth-order valence-electron chi connectivity index (χ4n) is 4.75. The highest BCUT2D eigenvalue weighted by Gasteiger charge is 2.19. The summed E-state index contributed by atoms with van der Waals surface area (Å²) in [5, 5.41) is 0. The lowest BCUT2D eigenvalue weighted by Gasteiger charge is -2.18. The number of rotatable bonds is 34. The summed E-state index contributed by atoms with van der Waals surface area (Å²) < 4.78 is 16.4. The van der Waals surface area contributed by atoms with Crippen LogP contribution in [0.1, 0.15) is 143 Å². The molecular formula is C48H72O6. The molecule has 0 aromatic heterocycles. The molecule has 0 saturated heterocycles. The molecule has 0 aromatic rings. The molecule has 0 saturated carbocycles. The highest BCUT2D eigenvalue weighted by molar-refractivity contribution is 5.72. The van der Waals surface area contributed by atoms with Crippen molar-refractivity contribution in [1.82, 2.24) is 0 Å². The van der Waals surface area contributed by atoms with Crippen LogP contribution < -0.4 is 0 Å². The van der Waals surface area contributed by atoms with Crippen molar-refractivity contribution in [2.45, 2.75) is 149 Å². The molecule has 300 valence electrons. The molecule has 0 rings (SSSR count). The van der Waals surface area contributed by atoms with Crippen molar-refractivity contribution in [1.29, 1.82) is 0 Å². The van der Waals surface area contributed by atoms with Gasteiger partial charge in [0.15, 0.2) is 6.10 Å². The Hall–Kier alpha value is -4.19. The molecule has 0 aliphatic heterocycles. The molecule has 6 nitrogen and oxygen atoms in total. The third kappa shape index (κ3) is 39.0. The highest BCUT2D eigenvalue weighted by Crippen LogP contribution is 2.09. The number of ether oxygens (including phenoxy) is 3. The van der Waals surface area contributed by atoms with Gasteiger partial charge in [-0.15, -0.1) is 0 Å². The van der Waals surface area contributed by atoms with Crippen molar-refractivity contribution in [2.24, 2.45) is 0 Å². The average molecular weight is 745 g/mol. The van der Waals surface area contributed by atoms with Gasteiger partial charge in [-0.3, -0.25) is 14.4 Å². The summed E-state index contributed by atoms with van der Waals surface area (Å²) in [7, 11) is 0. The molecule has 0 fully saturated rings. The third-order valence-corrected chi connectivity index (χ3v) is 7.73. The molecule has 0 aromatic carbocycles. The van der Waals surface area contributed by atoms with E-state index >= 15 is 0 Å². The Balaban J connectivity index is 4.58. The number of hydrogen-bond donors (Lipinski definition) is 0. The molecule has 0 radical (unpaired) electrons. The number of hydrogen-bond acceptors (Lipinski definition) is 6. The van der Waals surface area contributed by atoms with Crippen LogP contribution in [0.15, 0.2) is 122 Å². The van der Waals surface area contributed by atoms with Gasteiger partial charge in [0, 0.05) is 12.8 Å². The Bertz CT molecular complexity index is 1220. The molecule has 6 heteroatoms. The molecule has 54 heavy (non-hydrogen) atoms. The maximum atomic E-state index is 12.6. The van der Waals surface area contributed by atoms with E-state index in [-0.39, 0.29) is 32.0 Å². The van der Waals surface area contributed by atoms with E-state index < -0.39 is 18.0 Å². The normalized spacial score (nSPS) is 13.3. The molecule has 0 aliphatic rings. The van der Waals surface area contributed by atoms with Gasteiger partial charge in [-0.1, -0.05) is 149 Å². The van der Waals surface area contributed by atoms with Crippen LogP contribution in [0.4, 0.5) is 0 Å². The van der Waals surface area contributed by atoms with Crippen LogP contribution >= 0.6 is 0 Å². The van der Waals surface area contributed by atoms with E-state index in [4.69, 9.17) is 14.2 Å². The Labute approximate surface area is 329 Å². The lowest BCUT2D eigenvalue weighted by Crippen LogP contribution is -2.30. The number of allylic oxidation sites excluding steroid dienone is 19. The second kappa shape index (κ2) is 41.6. The Morgan fingerprint density at radius 2 is 0.759 bits per heavy atom. The Morgan fingerprint density at radius 1 is 0.389 bits per heavy atom. The fourth-order valence-corrected chi connectivity index (χ4v) is 4.75. The van der Waals surface area contributed by atoms with Crippen LogP contribution in [0.2, 0.25) is 0 Å². The summed E-state index contributed by atoms with van der Waals surface area (Å²) in [6.45, 7) is 6.06. The predicted octanol–water partition coefficient (Wildman–Crippen LogP) is 13.0. The third-order valence-electron chi connectivity index (χ3n) is 7.73. The van der Waals surface area contributed by atoms with Gasteiger partial charge in [0.1, 0.15) is 13.2 Å². The molecule has 0 bridgehead atoms. The minimum atomic E-state index is -0.853. The maximum Gasteiger partial charge on any atom is 0.309 e. The summed E-state index contributed by atoms with van der Waals surface area (Å²) in [5.74, 6) is -1.18. The number of esters is 3. The SMILES string of the molecule is CC/C=C\C/C=C\C/C=C\C/C=C\CCCCCC(=O)OCC(COC(=O)C/C=C\C/C=C\C/C=C\CC)OC(=O)CCC/C=C\C/C=C\C/C=C\CC. The minimum Gasteiger partial charge on any atom is -0.462 e. The van der Waals surface area contributed by atoms with E-state index in [0.717, 1.165) is 96.3 Å². The first-order valence-corrected chi connectivity index (χ1v) is 20.5. The van der Waals surface area contributed by atoms with Crippen molar-refractivity contribution in [2.75, 3.05) is 13.2 Å². The first kappa shape index (κ1) is 49.8. The average Bonchev–Trinajstić information content (AvgIpc) is 3.17. The van der Waals surface area contributed by atoms with Crippen molar-refractivity contribution >= 4 is 17.9 Å². The number of carbonyl (C=O) groups is 3. The van der Waals surface area contributed by atoms with E-state index in [1.165, 1.54) is 0 Å². The van der Waals surface area contributed by atoms with E-state index in [0.29, 0.717) is 12.8 Å². The zero-order valence-corrected chi connectivity index (χ0v) is 33.9. The molecule has 1 unspecified atom stereocenters. The van der Waals surface area contributed by atoms with E-state index in [1.54, 1.807) is 6.08 Å². The van der Waals surface area contributed by atoms with Crippen molar-refractivity contribution in [3.8, 4) is 0 Å². The molecule has 0 aliphatic carbocycles. The highest BCUT2D eigenvalue weighted by atomic mass is 16.6. The first-order valence-electron chi connectivity index (χ1n) is 20.5. The largest absolute Gasteiger partial charge is 0.462 e. The van der Waals surface area contributed by atoms with Crippen LogP contribution in [0.25, 0.3) is 0 Å². The van der Waals surface area contributed by atoms with Crippen LogP contribution in [0, 0.1) is 0 Å². The van der Waals surface area contributed by atoms with Gasteiger partial charge in [-0.05, 0) is 96.3 Å². The van der Waals surface area contributed by atoms with Gasteiger partial charge in [-0.25, -0.2) is 0 Å². The Morgan fingerprint density at radius 3 is 1.22 bits per heavy atom. The second-order valence-electron chi connectivity index (χ2n) is 12.8. The molecular weight excluding hydrogens is 673 g/mol. The van der Waals surface area contributed by atoms with E-state index in [9.17, 15) is 14.4 Å². The van der Waals surface area contributed by atoms with Crippen molar-refractivity contribution in [3.63, 3.8) is 0 Å². The van der Waals surface area contributed by atoms with Crippen LogP contribution in [-0.2, 0) is 28.6 Å². The van der Waals surface area contributed by atoms with Gasteiger partial charge in [-0.2, -0.15) is 0 Å². The lowest BCUT2D eigenvalue weighted by molar-refractivity contribution is -0.166. The van der Waals surface area contributed by atoms with E-state index in [1.807, 2.05) is 6.08 Å². The van der Waals surface area contributed by atoms with Gasteiger partial charge >= 0.3 is 17.9 Å². The zero-order valence-electron chi connectivity index (χ0n) is 33.9. The molecule has 0 amide bonds. The molecule has 1 atom stereocenters. The van der Waals surface area contributed by atoms with Crippen LogP contribution in [0.5, 0.6) is 0 Å². The van der Waals surface area contributed by atoms with Crippen LogP contribution in [-0.4, -0.2) is 37.2 Å². The predicted molar refractivity (Wildman–Crippen MR) is 228 cm³/mol. The van der Waals surface area contributed by atoms with Crippen molar-refractivity contribution in [3.05, 3.63) is 122 Å². The Kier molecular flexibility index (Phi) is 38.3. The minimum absolute atomic E-state index is 0.113. The quantitative estimate of drug-likeness (QED) is 0.0282. The van der Waals surface area contributed by atoms with Crippen molar-refractivity contribution < 1.29 is 28.6 Å². The lowest BCUT2D eigenvalue weighted by atomic mass is 10.1. The standard InChI is InChI=1S/C48H72O6/c1-4-7-10-13-16-19-21-22-23-24-25-27-29-32-35-38-41-47(50)53-44-45(43-52-46(49)40-37-34-31-28-18-15-12-9-6-3)54-48(51)42-39-36-33-30-26-20-17-14-11-8-5-2/h7-12,16-20,22-23,25,27-28,30,33-34,37,45H,4-6,13-15,21,24,26,29,31-32,35-36,38-44H2,1-3H3/b10-7-,11-8-,12-9-,19-16-,20-17-,23-22-,27-25-,28-18-,33-30-,37-34-. The van der Waals surface area contributed by atoms with Gasteiger partial charge in [0.2, 0.25) is 0 Å². The first-order chi connectivity index (χ1) is 26.5. The van der Waals surface area contributed by atoms with Gasteiger partial charge in [0.05, 0.1) is 6.42 Å². The van der Waals surface area contributed by atoms with Crippen LogP contribution in [0.3, 0.4) is 0 Å². The summed E-state index contributed by atoms with van der Waals surface area (Å²) in [5.41, 5.74) is 0. The summed E-state index contributed by atoms with van der Waals surface area (Å²) in [6.07, 6.45) is 56.6. The maximum absolute atomic E-state index is 12.6. The molecule has 0 heterocycles. The summed E-state index contributed by atoms with van der Waals surface area (Å²) in [6, 6.07) is 0.